The summed E-state index contributed by atoms with van der Waals surface area (Å²) in [5, 5.41) is 14.3. The van der Waals surface area contributed by atoms with E-state index in [2.05, 4.69) is 16.1 Å². The van der Waals surface area contributed by atoms with Crippen LogP contribution in [0, 0.1) is 23.7 Å². The number of nitrogens with zero attached hydrogens (tertiary/aromatic N) is 5. The largest absolute Gasteiger partial charge is 0.379 e. The number of hydrogen-bond donors (Lipinski definition) is 1. The summed E-state index contributed by atoms with van der Waals surface area (Å²) in [5.41, 5.74) is 10.2. The Bertz CT molecular complexity index is 1160. The number of nitriles is 1. The molecule has 154 valence electrons. The van der Waals surface area contributed by atoms with E-state index in [0.29, 0.717) is 17.2 Å². The molecule has 30 heavy (non-hydrogen) atoms. The molecule has 3 aromatic rings. The quantitative estimate of drug-likeness (QED) is 0.681. The van der Waals surface area contributed by atoms with E-state index < -0.39 is 0 Å². The molecule has 1 atom stereocenters. The van der Waals surface area contributed by atoms with Gasteiger partial charge in [-0.25, -0.2) is 9.50 Å². The third-order valence-corrected chi connectivity index (χ3v) is 7.01. The third kappa shape index (κ3) is 2.87. The summed E-state index contributed by atoms with van der Waals surface area (Å²) in [6.45, 7) is 5.13. The Morgan fingerprint density at radius 2 is 2.10 bits per heavy atom. The van der Waals surface area contributed by atoms with E-state index in [4.69, 9.17) is 27.1 Å². The second kappa shape index (κ2) is 7.24. The maximum absolute atomic E-state index is 9.36. The lowest BCUT2D eigenvalue weighted by Gasteiger charge is -2.41. The average Bonchev–Trinajstić information content (AvgIpc) is 3.37. The fourth-order valence-corrected chi connectivity index (χ4v) is 5.03. The molecule has 0 unspecified atom stereocenters. The Hall–Kier alpha value is -2.66. The summed E-state index contributed by atoms with van der Waals surface area (Å²) in [7, 11) is 0. The Balaban J connectivity index is 1.55. The lowest BCUT2D eigenvalue weighted by atomic mass is 9.75. The lowest BCUT2D eigenvalue weighted by molar-refractivity contribution is 0.132. The number of halogens is 1. The first-order valence-electron chi connectivity index (χ1n) is 10.2. The van der Waals surface area contributed by atoms with Crippen molar-refractivity contribution in [3.05, 3.63) is 46.7 Å². The molecule has 2 fully saturated rings. The Morgan fingerprint density at radius 1 is 1.30 bits per heavy atom. The van der Waals surface area contributed by atoms with Gasteiger partial charge in [0.05, 0.1) is 41.4 Å². The van der Waals surface area contributed by atoms with Crippen molar-refractivity contribution in [2.45, 2.75) is 25.8 Å². The molecule has 1 aromatic carbocycles. The zero-order valence-corrected chi connectivity index (χ0v) is 17.6. The zero-order chi connectivity index (χ0) is 20.9. The van der Waals surface area contributed by atoms with Crippen molar-refractivity contribution >= 4 is 22.9 Å². The number of anilines is 1. The zero-order valence-electron chi connectivity index (χ0n) is 16.8. The van der Waals surface area contributed by atoms with Crippen LogP contribution in [0.2, 0.25) is 5.02 Å². The highest BCUT2D eigenvalue weighted by Crippen LogP contribution is 2.41. The summed E-state index contributed by atoms with van der Waals surface area (Å²) >= 11 is 6.53. The minimum atomic E-state index is 0.0906. The predicted octanol–water partition coefficient (Wildman–Crippen LogP) is 3.17. The summed E-state index contributed by atoms with van der Waals surface area (Å²) < 4.78 is 7.54. The molecule has 8 heteroatoms. The molecule has 2 saturated heterocycles. The highest BCUT2D eigenvalue weighted by molar-refractivity contribution is 6.34. The van der Waals surface area contributed by atoms with Gasteiger partial charge in [0.25, 0.3) is 0 Å². The van der Waals surface area contributed by atoms with Crippen LogP contribution >= 0.6 is 11.6 Å². The number of nitrogens with two attached hydrogens (primary N) is 1. The van der Waals surface area contributed by atoms with E-state index in [-0.39, 0.29) is 11.5 Å². The molecule has 0 saturated carbocycles. The molecule has 7 nitrogen and oxygen atoms in total. The molecule has 5 rings (SSSR count). The number of aromatic nitrogens is 3. The minimum absolute atomic E-state index is 0.0906. The van der Waals surface area contributed by atoms with Crippen molar-refractivity contribution in [1.29, 1.82) is 5.26 Å². The van der Waals surface area contributed by atoms with Gasteiger partial charge in [-0.2, -0.15) is 10.4 Å². The second-order valence-corrected chi connectivity index (χ2v) is 8.63. The van der Waals surface area contributed by atoms with Crippen molar-refractivity contribution in [3.8, 4) is 17.3 Å². The Kier molecular flexibility index (Phi) is 4.66. The van der Waals surface area contributed by atoms with Crippen molar-refractivity contribution in [2.75, 3.05) is 31.2 Å². The predicted molar refractivity (Wildman–Crippen MR) is 116 cm³/mol. The summed E-state index contributed by atoms with van der Waals surface area (Å²) in [6, 6.07) is 9.68. The maximum Gasteiger partial charge on any atom is 0.155 e. The molecule has 2 aromatic heterocycles. The summed E-state index contributed by atoms with van der Waals surface area (Å²) in [4.78, 5) is 7.28. The SMILES string of the molecule is Cc1nc(N2CCC3(CC2)COC[C@H]3N)c2ccnn2c1-c1cccc(C#N)c1Cl. The summed E-state index contributed by atoms with van der Waals surface area (Å²) in [6.07, 6.45) is 3.76. The van der Waals surface area contributed by atoms with E-state index >= 15 is 0 Å². The van der Waals surface area contributed by atoms with Gasteiger partial charge in [-0.3, -0.25) is 0 Å². The van der Waals surface area contributed by atoms with Crippen LogP contribution in [0.1, 0.15) is 24.1 Å². The molecule has 0 radical (unpaired) electrons. The number of hydrogen-bond acceptors (Lipinski definition) is 6. The van der Waals surface area contributed by atoms with Crippen LogP contribution in [0.5, 0.6) is 0 Å². The van der Waals surface area contributed by atoms with Crippen LogP contribution in [0.3, 0.4) is 0 Å². The topological polar surface area (TPSA) is 92.5 Å². The minimum Gasteiger partial charge on any atom is -0.379 e. The molecular weight excluding hydrogens is 400 g/mol. The van der Waals surface area contributed by atoms with Gasteiger partial charge in [0.1, 0.15) is 11.6 Å². The highest BCUT2D eigenvalue weighted by atomic mass is 35.5. The van der Waals surface area contributed by atoms with Gasteiger partial charge in [-0.1, -0.05) is 23.7 Å². The smallest absolute Gasteiger partial charge is 0.155 e. The Morgan fingerprint density at radius 3 is 2.80 bits per heavy atom. The van der Waals surface area contributed by atoms with Crippen LogP contribution < -0.4 is 10.6 Å². The maximum atomic E-state index is 9.36. The third-order valence-electron chi connectivity index (χ3n) is 6.61. The van der Waals surface area contributed by atoms with Crippen molar-refractivity contribution in [3.63, 3.8) is 0 Å². The molecule has 1 spiro atoms. The molecule has 0 amide bonds. The first-order chi connectivity index (χ1) is 14.5. The highest BCUT2D eigenvalue weighted by Gasteiger charge is 2.44. The van der Waals surface area contributed by atoms with Crippen LogP contribution in [-0.2, 0) is 4.74 Å². The average molecular weight is 423 g/mol. The van der Waals surface area contributed by atoms with Crippen molar-refractivity contribution in [2.24, 2.45) is 11.1 Å². The van der Waals surface area contributed by atoms with Crippen LogP contribution in [0.15, 0.2) is 30.5 Å². The van der Waals surface area contributed by atoms with Gasteiger partial charge >= 0.3 is 0 Å². The Labute approximate surface area is 180 Å². The summed E-state index contributed by atoms with van der Waals surface area (Å²) in [5.74, 6) is 0.920. The normalized spacial score (nSPS) is 20.7. The lowest BCUT2D eigenvalue weighted by Crippen LogP contribution is -2.49. The van der Waals surface area contributed by atoms with Crippen molar-refractivity contribution in [1.82, 2.24) is 14.6 Å². The molecule has 4 heterocycles. The van der Waals surface area contributed by atoms with E-state index in [1.165, 1.54) is 0 Å². The van der Waals surface area contributed by atoms with Crippen LogP contribution in [0.4, 0.5) is 5.82 Å². The number of ether oxygens (including phenoxy) is 1. The second-order valence-electron chi connectivity index (χ2n) is 8.25. The van der Waals surface area contributed by atoms with E-state index in [9.17, 15) is 5.26 Å². The van der Waals surface area contributed by atoms with E-state index in [1.54, 1.807) is 12.3 Å². The molecule has 2 aliphatic heterocycles. The van der Waals surface area contributed by atoms with Gasteiger partial charge < -0.3 is 15.4 Å². The number of benzene rings is 1. The first-order valence-corrected chi connectivity index (χ1v) is 10.5. The molecule has 0 aliphatic carbocycles. The number of rotatable bonds is 2. The molecule has 2 N–H and O–H groups in total. The van der Waals surface area contributed by atoms with Gasteiger partial charge in [0, 0.05) is 30.1 Å². The number of piperidine rings is 1. The fourth-order valence-electron chi connectivity index (χ4n) is 4.77. The van der Waals surface area contributed by atoms with Gasteiger partial charge in [0.2, 0.25) is 0 Å². The van der Waals surface area contributed by atoms with E-state index in [0.717, 1.165) is 60.8 Å². The standard InChI is InChI=1S/C22H23ClN6O/c1-14-20(16-4-2-3-15(11-24)19(16)23)29-17(5-8-26-29)21(27-14)28-9-6-22(7-10-28)13-30-12-18(22)25/h2-5,8,18H,6-7,9-10,12-13,25H2,1H3/t18-/m1/s1. The van der Waals surface area contributed by atoms with Gasteiger partial charge in [-0.15, -0.1) is 0 Å². The monoisotopic (exact) mass is 422 g/mol. The molecular formula is C22H23ClN6O. The number of fused-ring (bicyclic) bond motifs is 1. The van der Waals surface area contributed by atoms with E-state index in [1.807, 2.05) is 29.6 Å². The van der Waals surface area contributed by atoms with Crippen LogP contribution in [0.25, 0.3) is 16.8 Å². The van der Waals surface area contributed by atoms with Crippen molar-refractivity contribution < 1.29 is 4.74 Å². The molecule has 0 bridgehead atoms. The van der Waals surface area contributed by atoms with Gasteiger partial charge in [0.15, 0.2) is 5.82 Å². The molecule has 2 aliphatic rings. The number of aryl methyl sites for hydroxylation is 1. The fraction of sp³-hybridized carbons (Fsp3) is 0.409. The van der Waals surface area contributed by atoms with Crippen LogP contribution in [-0.4, -0.2) is 46.9 Å². The first kappa shape index (κ1) is 19.3. The van der Waals surface area contributed by atoms with Gasteiger partial charge in [-0.05, 0) is 31.9 Å².